The van der Waals surface area contributed by atoms with E-state index in [2.05, 4.69) is 15.4 Å². The van der Waals surface area contributed by atoms with Crippen LogP contribution in [-0.4, -0.2) is 25.8 Å². The normalized spacial score (nSPS) is 12.6. The Morgan fingerprint density at radius 3 is 2.46 bits per heavy atom. The van der Waals surface area contributed by atoms with Crippen molar-refractivity contribution >= 4 is 33.1 Å². The van der Waals surface area contributed by atoms with Crippen molar-refractivity contribution in [2.45, 2.75) is 19.2 Å². The highest BCUT2D eigenvalue weighted by molar-refractivity contribution is 7.18. The molecule has 3 aromatic carbocycles. The number of aryl methyl sites for hydroxylation is 1. The van der Waals surface area contributed by atoms with Crippen molar-refractivity contribution in [1.29, 1.82) is 0 Å². The van der Waals surface area contributed by atoms with Crippen molar-refractivity contribution in [3.63, 3.8) is 0 Å². The smallest absolute Gasteiger partial charge is 0.386 e. The SMILES string of the molecule is C[C@@H](O)c1nc2c(NC(=O)c3ccc(C(F)(F)F)c(-c4ccn(C)n4)c3)c(-c3ccccc3)ccc2s1. The zero-order valence-electron chi connectivity index (χ0n) is 19.7. The zero-order valence-corrected chi connectivity index (χ0v) is 20.6. The Kier molecular flexibility index (Phi) is 6.30. The van der Waals surface area contributed by atoms with Crippen LogP contribution in [0.5, 0.6) is 0 Å². The Hall–Kier alpha value is -4.02. The fraction of sp³-hybridized carbons (Fsp3) is 0.148. The highest BCUT2D eigenvalue weighted by atomic mass is 32.1. The molecule has 0 aliphatic heterocycles. The molecule has 1 amide bonds. The van der Waals surface area contributed by atoms with Crippen LogP contribution in [0.15, 0.2) is 72.9 Å². The summed E-state index contributed by atoms with van der Waals surface area (Å²) < 4.78 is 43.4. The van der Waals surface area contributed by atoms with Crippen molar-refractivity contribution < 1.29 is 23.1 Å². The lowest BCUT2D eigenvalue weighted by Gasteiger charge is -2.15. The molecule has 0 fully saturated rings. The first kappa shape index (κ1) is 24.7. The van der Waals surface area contributed by atoms with E-state index >= 15 is 0 Å². The van der Waals surface area contributed by atoms with Crippen LogP contribution in [0.1, 0.15) is 34.0 Å². The van der Waals surface area contributed by atoms with E-state index in [9.17, 15) is 23.1 Å². The van der Waals surface area contributed by atoms with E-state index in [4.69, 9.17) is 0 Å². The van der Waals surface area contributed by atoms with Gasteiger partial charge >= 0.3 is 6.18 Å². The Labute approximate surface area is 214 Å². The summed E-state index contributed by atoms with van der Waals surface area (Å²) in [5, 5.41) is 17.5. The van der Waals surface area contributed by atoms with Gasteiger partial charge in [-0.2, -0.15) is 18.3 Å². The number of alkyl halides is 3. The Morgan fingerprint density at radius 1 is 1.05 bits per heavy atom. The number of benzene rings is 3. The molecule has 1 atom stereocenters. The van der Waals surface area contributed by atoms with Gasteiger partial charge in [-0.15, -0.1) is 11.3 Å². The second kappa shape index (κ2) is 9.45. The second-order valence-electron chi connectivity index (χ2n) is 8.52. The first-order valence-electron chi connectivity index (χ1n) is 11.3. The predicted molar refractivity (Wildman–Crippen MR) is 137 cm³/mol. The molecule has 37 heavy (non-hydrogen) atoms. The molecule has 2 heterocycles. The lowest BCUT2D eigenvalue weighted by atomic mass is 9.99. The largest absolute Gasteiger partial charge is 0.417 e. The Bertz CT molecular complexity index is 1610. The number of carbonyl (C=O) groups excluding carboxylic acids is 1. The number of nitrogens with zero attached hydrogens (tertiary/aromatic N) is 3. The maximum Gasteiger partial charge on any atom is 0.417 e. The first-order chi connectivity index (χ1) is 17.6. The monoisotopic (exact) mass is 522 g/mol. The molecule has 2 N–H and O–H groups in total. The molecule has 5 aromatic rings. The lowest BCUT2D eigenvalue weighted by Crippen LogP contribution is -2.15. The van der Waals surface area contributed by atoms with E-state index in [1.807, 2.05) is 42.5 Å². The number of anilines is 1. The van der Waals surface area contributed by atoms with Gasteiger partial charge in [-0.1, -0.05) is 36.4 Å². The van der Waals surface area contributed by atoms with E-state index in [0.29, 0.717) is 21.8 Å². The summed E-state index contributed by atoms with van der Waals surface area (Å²) in [7, 11) is 1.61. The minimum atomic E-state index is -4.62. The van der Waals surface area contributed by atoms with Crippen LogP contribution >= 0.6 is 11.3 Å². The summed E-state index contributed by atoms with van der Waals surface area (Å²) in [6.07, 6.45) is -3.87. The van der Waals surface area contributed by atoms with Crippen molar-refractivity contribution in [3.05, 3.63) is 89.1 Å². The summed E-state index contributed by atoms with van der Waals surface area (Å²) >= 11 is 1.31. The van der Waals surface area contributed by atoms with Crippen molar-refractivity contribution in [3.8, 4) is 22.4 Å². The fourth-order valence-corrected chi connectivity index (χ4v) is 4.98. The van der Waals surface area contributed by atoms with E-state index in [1.165, 1.54) is 34.3 Å². The molecule has 5 rings (SSSR count). The number of aromatic nitrogens is 3. The van der Waals surface area contributed by atoms with Gasteiger partial charge in [0.2, 0.25) is 0 Å². The van der Waals surface area contributed by atoms with Gasteiger partial charge in [0.25, 0.3) is 5.91 Å². The van der Waals surface area contributed by atoms with Gasteiger partial charge < -0.3 is 10.4 Å². The van der Waals surface area contributed by atoms with Crippen molar-refractivity contribution in [2.24, 2.45) is 7.05 Å². The highest BCUT2D eigenvalue weighted by Gasteiger charge is 2.34. The van der Waals surface area contributed by atoms with Crippen molar-refractivity contribution in [2.75, 3.05) is 5.32 Å². The number of halogens is 3. The molecular formula is C27H21F3N4O2S. The van der Waals surface area contributed by atoms with E-state index < -0.39 is 23.8 Å². The maximum absolute atomic E-state index is 13.7. The first-order valence-corrected chi connectivity index (χ1v) is 12.1. The number of aliphatic hydroxyl groups excluding tert-OH is 1. The number of carbonyl (C=O) groups is 1. The Balaban J connectivity index is 1.62. The van der Waals surface area contributed by atoms with Crippen LogP contribution in [0.2, 0.25) is 0 Å². The lowest BCUT2D eigenvalue weighted by molar-refractivity contribution is -0.137. The number of hydrogen-bond donors (Lipinski definition) is 2. The molecule has 0 saturated carbocycles. The number of thiazole rings is 1. The highest BCUT2D eigenvalue weighted by Crippen LogP contribution is 2.40. The van der Waals surface area contributed by atoms with Gasteiger partial charge in [0, 0.05) is 29.9 Å². The van der Waals surface area contributed by atoms with Crippen LogP contribution in [0, 0.1) is 0 Å². The molecule has 0 unspecified atom stereocenters. The molecular weight excluding hydrogens is 501 g/mol. The quantitative estimate of drug-likeness (QED) is 0.270. The molecule has 0 bridgehead atoms. The number of fused-ring (bicyclic) bond motifs is 1. The predicted octanol–water partition coefficient (Wildman–Crippen LogP) is 6.69. The van der Waals surface area contributed by atoms with E-state index in [0.717, 1.165) is 22.4 Å². The number of amides is 1. The van der Waals surface area contributed by atoms with Gasteiger partial charge in [-0.3, -0.25) is 9.48 Å². The third kappa shape index (κ3) is 4.85. The maximum atomic E-state index is 13.7. The molecule has 0 saturated heterocycles. The van der Waals surface area contributed by atoms with Gasteiger partial charge in [0.15, 0.2) is 0 Å². The number of nitrogens with one attached hydrogen (secondary N) is 1. The average molecular weight is 523 g/mol. The van der Waals surface area contributed by atoms with Crippen LogP contribution in [0.3, 0.4) is 0 Å². The van der Waals surface area contributed by atoms with Gasteiger partial charge in [-0.05, 0) is 42.8 Å². The minimum Gasteiger partial charge on any atom is -0.386 e. The summed E-state index contributed by atoms with van der Waals surface area (Å²) in [6.45, 7) is 1.61. The molecule has 188 valence electrons. The minimum absolute atomic E-state index is 0.0376. The fourth-order valence-electron chi connectivity index (χ4n) is 4.06. The van der Waals surface area contributed by atoms with Crippen LogP contribution in [-0.2, 0) is 13.2 Å². The number of rotatable bonds is 5. The number of aliphatic hydroxyl groups is 1. The second-order valence-corrected chi connectivity index (χ2v) is 9.58. The standard InChI is InChI=1S/C27H21F3N4O2S/c1-15(35)26-32-24-22(37-26)11-9-18(16-6-4-3-5-7-16)23(24)31-25(36)17-8-10-20(27(28,29)30)19(14-17)21-12-13-34(2)33-21/h3-15,35H,1-2H3,(H,31,36)/t15-/m1/s1. The topological polar surface area (TPSA) is 80.0 Å². The van der Waals surface area contributed by atoms with Gasteiger partial charge in [0.1, 0.15) is 16.6 Å². The van der Waals surface area contributed by atoms with E-state index in [-0.39, 0.29) is 16.8 Å². The molecule has 0 spiro atoms. The summed E-state index contributed by atoms with van der Waals surface area (Å²) in [5.74, 6) is -0.595. The van der Waals surface area contributed by atoms with Crippen LogP contribution < -0.4 is 5.32 Å². The molecule has 0 aliphatic carbocycles. The van der Waals surface area contributed by atoms with E-state index in [1.54, 1.807) is 14.0 Å². The molecule has 0 radical (unpaired) electrons. The van der Waals surface area contributed by atoms with Gasteiger partial charge in [0.05, 0.1) is 21.6 Å². The summed E-state index contributed by atoms with van der Waals surface area (Å²) in [6, 6.07) is 17.8. The molecule has 0 aliphatic rings. The molecule has 6 nitrogen and oxygen atoms in total. The van der Waals surface area contributed by atoms with Crippen LogP contribution in [0.4, 0.5) is 18.9 Å². The average Bonchev–Trinajstić information content (AvgIpc) is 3.50. The summed E-state index contributed by atoms with van der Waals surface area (Å²) in [5.41, 5.74) is 1.51. The van der Waals surface area contributed by atoms with Gasteiger partial charge in [-0.25, -0.2) is 4.98 Å². The third-order valence-corrected chi connectivity index (χ3v) is 7.03. The Morgan fingerprint density at radius 2 is 1.81 bits per heavy atom. The molecule has 10 heteroatoms. The van der Waals surface area contributed by atoms with Crippen LogP contribution in [0.25, 0.3) is 32.6 Å². The summed E-state index contributed by atoms with van der Waals surface area (Å²) in [4.78, 5) is 18.0. The number of hydrogen-bond acceptors (Lipinski definition) is 5. The zero-order chi connectivity index (χ0) is 26.3. The van der Waals surface area contributed by atoms with Crippen molar-refractivity contribution in [1.82, 2.24) is 14.8 Å². The third-order valence-electron chi connectivity index (χ3n) is 5.83. The molecule has 2 aromatic heterocycles.